The summed E-state index contributed by atoms with van der Waals surface area (Å²) in [5, 5.41) is 11.0. The molecule has 1 heterocycles. The number of nitrogens with one attached hydrogen (secondary N) is 1. The molecule has 0 aliphatic carbocycles. The molecule has 118 valence electrons. The van der Waals surface area contributed by atoms with Gasteiger partial charge in [0.2, 0.25) is 11.8 Å². The average Bonchev–Trinajstić information content (AvgIpc) is 2.37. The number of nitrogens with zero attached hydrogens (tertiary/aromatic N) is 2. The van der Waals surface area contributed by atoms with Crippen LogP contribution in [0.3, 0.4) is 0 Å². The highest BCUT2D eigenvalue weighted by atomic mass is 16.4. The highest BCUT2D eigenvalue weighted by Crippen LogP contribution is 2.15. The first-order valence-corrected chi connectivity index (χ1v) is 6.94. The maximum Gasteiger partial charge on any atom is 0.321 e. The fourth-order valence-electron chi connectivity index (χ4n) is 2.44. The van der Waals surface area contributed by atoms with Gasteiger partial charge in [-0.2, -0.15) is 0 Å². The summed E-state index contributed by atoms with van der Waals surface area (Å²) in [5.41, 5.74) is 0. The molecule has 8 nitrogen and oxygen atoms in total. The van der Waals surface area contributed by atoms with Gasteiger partial charge in [0, 0.05) is 12.6 Å². The Kier molecular flexibility index (Phi) is 5.69. The lowest BCUT2D eigenvalue weighted by atomic mass is 10.1. The Balaban J connectivity index is 2.93. The van der Waals surface area contributed by atoms with Gasteiger partial charge in [0.25, 0.3) is 0 Å². The predicted molar refractivity (Wildman–Crippen MR) is 73.4 cm³/mol. The fourth-order valence-corrected chi connectivity index (χ4v) is 2.44. The van der Waals surface area contributed by atoms with Crippen LogP contribution in [0.1, 0.15) is 33.6 Å². The molecule has 0 radical (unpaired) electrons. The van der Waals surface area contributed by atoms with Gasteiger partial charge in [-0.1, -0.05) is 6.92 Å². The first-order valence-electron chi connectivity index (χ1n) is 6.94. The summed E-state index contributed by atoms with van der Waals surface area (Å²) in [4.78, 5) is 49.1. The number of carboxylic acid groups (broad SMARTS) is 1. The van der Waals surface area contributed by atoms with Crippen LogP contribution in [-0.4, -0.2) is 63.9 Å². The Labute approximate surface area is 123 Å². The van der Waals surface area contributed by atoms with E-state index in [2.05, 4.69) is 5.32 Å². The van der Waals surface area contributed by atoms with Gasteiger partial charge in [-0.25, -0.2) is 4.79 Å². The topological polar surface area (TPSA) is 107 Å². The maximum atomic E-state index is 12.5. The Morgan fingerprint density at radius 2 is 2.05 bits per heavy atom. The van der Waals surface area contributed by atoms with Crippen molar-refractivity contribution >= 4 is 23.8 Å². The third-order valence-electron chi connectivity index (χ3n) is 3.48. The molecule has 1 aliphatic rings. The van der Waals surface area contributed by atoms with Gasteiger partial charge in [-0.15, -0.1) is 0 Å². The number of hydrogen-bond acceptors (Lipinski definition) is 4. The fraction of sp³-hybridized carbons (Fsp3) is 0.692. The SMILES string of the molecule is CCC1C(=O)NC(=O)CN1C(=O)N(CC)C(C)CC(=O)O. The van der Waals surface area contributed by atoms with Crippen molar-refractivity contribution in [3.63, 3.8) is 0 Å². The second kappa shape index (κ2) is 7.05. The minimum Gasteiger partial charge on any atom is -0.481 e. The van der Waals surface area contributed by atoms with Gasteiger partial charge in [0.05, 0.1) is 6.42 Å². The van der Waals surface area contributed by atoms with Crippen molar-refractivity contribution < 1.29 is 24.3 Å². The number of aliphatic carboxylic acids is 1. The average molecular weight is 299 g/mol. The molecule has 0 bridgehead atoms. The maximum absolute atomic E-state index is 12.5. The molecule has 0 saturated carbocycles. The van der Waals surface area contributed by atoms with E-state index in [1.165, 1.54) is 9.80 Å². The summed E-state index contributed by atoms with van der Waals surface area (Å²) in [5.74, 6) is -2.03. The lowest BCUT2D eigenvalue weighted by molar-refractivity contribution is -0.140. The Hall–Kier alpha value is -2.12. The van der Waals surface area contributed by atoms with Crippen molar-refractivity contribution in [1.29, 1.82) is 0 Å². The first-order chi connectivity index (χ1) is 9.81. The highest BCUT2D eigenvalue weighted by molar-refractivity contribution is 6.04. The van der Waals surface area contributed by atoms with E-state index in [9.17, 15) is 19.2 Å². The number of hydrogen-bond donors (Lipinski definition) is 2. The number of carbonyl (C=O) groups excluding carboxylic acids is 3. The number of piperazine rings is 1. The standard InChI is InChI=1S/C13H21N3O5/c1-4-9-12(20)14-10(17)7-16(9)13(21)15(5-2)8(3)6-11(18)19/h8-9H,4-7H2,1-3H3,(H,18,19)(H,14,17,20). The number of amides is 4. The third-order valence-corrected chi connectivity index (χ3v) is 3.48. The van der Waals surface area contributed by atoms with Crippen LogP contribution in [0.4, 0.5) is 4.79 Å². The van der Waals surface area contributed by atoms with Crippen molar-refractivity contribution in [2.45, 2.75) is 45.7 Å². The lowest BCUT2D eigenvalue weighted by Crippen LogP contribution is -2.62. The van der Waals surface area contributed by atoms with Crippen molar-refractivity contribution in [3.05, 3.63) is 0 Å². The third kappa shape index (κ3) is 3.93. The zero-order chi connectivity index (χ0) is 16.2. The number of urea groups is 1. The van der Waals surface area contributed by atoms with Crippen molar-refractivity contribution in [3.8, 4) is 0 Å². The van der Waals surface area contributed by atoms with Gasteiger partial charge in [-0.3, -0.25) is 19.7 Å². The molecular formula is C13H21N3O5. The van der Waals surface area contributed by atoms with Crippen LogP contribution in [0.2, 0.25) is 0 Å². The van der Waals surface area contributed by atoms with Crippen LogP contribution in [0.25, 0.3) is 0 Å². The van der Waals surface area contributed by atoms with Crippen molar-refractivity contribution in [2.24, 2.45) is 0 Å². The summed E-state index contributed by atoms with van der Waals surface area (Å²) in [6.45, 7) is 5.21. The number of rotatable bonds is 5. The molecule has 21 heavy (non-hydrogen) atoms. The summed E-state index contributed by atoms with van der Waals surface area (Å²) < 4.78 is 0. The zero-order valence-corrected chi connectivity index (χ0v) is 12.5. The van der Waals surface area contributed by atoms with E-state index in [1.807, 2.05) is 0 Å². The molecule has 0 aromatic rings. The molecule has 2 atom stereocenters. The van der Waals surface area contributed by atoms with Gasteiger partial charge >= 0.3 is 12.0 Å². The molecule has 2 unspecified atom stereocenters. The summed E-state index contributed by atoms with van der Waals surface area (Å²) >= 11 is 0. The monoisotopic (exact) mass is 299 g/mol. The summed E-state index contributed by atoms with van der Waals surface area (Å²) in [6, 6.07) is -1.71. The van der Waals surface area contributed by atoms with Crippen LogP contribution in [0, 0.1) is 0 Å². The first kappa shape index (κ1) is 16.9. The summed E-state index contributed by atoms with van der Waals surface area (Å²) in [7, 11) is 0. The number of carboxylic acids is 1. The van der Waals surface area contributed by atoms with E-state index in [4.69, 9.17) is 5.11 Å². The van der Waals surface area contributed by atoms with Crippen LogP contribution in [0.15, 0.2) is 0 Å². The molecule has 0 spiro atoms. The quantitative estimate of drug-likeness (QED) is 0.696. The Morgan fingerprint density at radius 1 is 1.43 bits per heavy atom. The minimum absolute atomic E-state index is 0.190. The van der Waals surface area contributed by atoms with Crippen LogP contribution < -0.4 is 5.32 Å². The molecule has 1 rings (SSSR count). The molecule has 1 saturated heterocycles. The van der Waals surface area contributed by atoms with Crippen molar-refractivity contribution in [1.82, 2.24) is 15.1 Å². The van der Waals surface area contributed by atoms with Gasteiger partial charge in [0.15, 0.2) is 0 Å². The van der Waals surface area contributed by atoms with Crippen LogP contribution in [-0.2, 0) is 14.4 Å². The predicted octanol–water partition coefficient (Wildman–Crippen LogP) is 0.0285. The van der Waals surface area contributed by atoms with E-state index in [-0.39, 0.29) is 13.0 Å². The van der Waals surface area contributed by atoms with Gasteiger partial charge in [-0.05, 0) is 20.3 Å². The Bertz CT molecular complexity index is 451. The molecule has 0 aromatic carbocycles. The highest BCUT2D eigenvalue weighted by Gasteiger charge is 2.38. The molecule has 2 N–H and O–H groups in total. The van der Waals surface area contributed by atoms with Crippen molar-refractivity contribution in [2.75, 3.05) is 13.1 Å². The number of imide groups is 1. The van der Waals surface area contributed by atoms with E-state index in [0.29, 0.717) is 13.0 Å². The normalized spacial score (nSPS) is 20.0. The van der Waals surface area contributed by atoms with E-state index < -0.39 is 35.9 Å². The van der Waals surface area contributed by atoms with E-state index in [1.54, 1.807) is 20.8 Å². The van der Waals surface area contributed by atoms with Crippen LogP contribution >= 0.6 is 0 Å². The van der Waals surface area contributed by atoms with E-state index >= 15 is 0 Å². The lowest BCUT2D eigenvalue weighted by Gasteiger charge is -2.38. The van der Waals surface area contributed by atoms with Gasteiger partial charge < -0.3 is 14.9 Å². The second-order valence-electron chi connectivity index (χ2n) is 4.98. The minimum atomic E-state index is -1.01. The zero-order valence-electron chi connectivity index (χ0n) is 12.5. The smallest absolute Gasteiger partial charge is 0.321 e. The molecule has 1 fully saturated rings. The second-order valence-corrected chi connectivity index (χ2v) is 4.98. The molecule has 8 heteroatoms. The van der Waals surface area contributed by atoms with Crippen LogP contribution in [0.5, 0.6) is 0 Å². The largest absolute Gasteiger partial charge is 0.481 e. The Morgan fingerprint density at radius 3 is 2.52 bits per heavy atom. The molecule has 0 aromatic heterocycles. The van der Waals surface area contributed by atoms with E-state index in [0.717, 1.165) is 0 Å². The van der Waals surface area contributed by atoms with Gasteiger partial charge in [0.1, 0.15) is 12.6 Å². The number of carbonyl (C=O) groups is 4. The molecule has 4 amide bonds. The molecule has 1 aliphatic heterocycles. The summed E-state index contributed by atoms with van der Waals surface area (Å²) in [6.07, 6.45) is 0.195. The molecular weight excluding hydrogens is 278 g/mol.